The third-order valence-corrected chi connectivity index (χ3v) is 3.43. The molecule has 2 aromatic rings. The second-order valence-electron chi connectivity index (χ2n) is 5.91. The lowest BCUT2D eigenvalue weighted by Gasteiger charge is -2.13. The second-order valence-corrected chi connectivity index (χ2v) is 5.91. The summed E-state index contributed by atoms with van der Waals surface area (Å²) in [6.07, 6.45) is 0. The first-order valence-electron chi connectivity index (χ1n) is 7.22. The van der Waals surface area contributed by atoms with Crippen LogP contribution in [0.1, 0.15) is 30.5 Å². The Bertz CT molecular complexity index is 702. The van der Waals surface area contributed by atoms with Crippen LogP contribution in [0, 0.1) is 19.8 Å². The number of hydrogen-bond donors (Lipinski definition) is 1. The van der Waals surface area contributed by atoms with E-state index in [1.54, 1.807) is 6.07 Å². The number of aliphatic hydroxyl groups excluding tert-OH is 1. The summed E-state index contributed by atoms with van der Waals surface area (Å²) in [5, 5.41) is 13.9. The highest BCUT2D eigenvalue weighted by atomic mass is 16.3. The van der Waals surface area contributed by atoms with Gasteiger partial charge in [0.1, 0.15) is 0 Å². The van der Waals surface area contributed by atoms with Crippen molar-refractivity contribution in [2.75, 3.05) is 0 Å². The van der Waals surface area contributed by atoms with Gasteiger partial charge in [-0.3, -0.25) is 4.79 Å². The quantitative estimate of drug-likeness (QED) is 0.940. The van der Waals surface area contributed by atoms with Gasteiger partial charge in [0.25, 0.3) is 5.56 Å². The molecule has 0 unspecified atom stereocenters. The van der Waals surface area contributed by atoms with Gasteiger partial charge in [-0.05, 0) is 37.5 Å². The monoisotopic (exact) mass is 286 g/mol. The number of rotatable bonds is 4. The van der Waals surface area contributed by atoms with Crippen molar-refractivity contribution >= 4 is 0 Å². The van der Waals surface area contributed by atoms with E-state index < -0.39 is 0 Å². The van der Waals surface area contributed by atoms with Crippen molar-refractivity contribution in [3.05, 3.63) is 51.3 Å². The summed E-state index contributed by atoms with van der Waals surface area (Å²) in [6, 6.07) is 7.85. The molecule has 0 atom stereocenters. The molecule has 4 nitrogen and oxygen atoms in total. The molecule has 0 aliphatic rings. The third-order valence-electron chi connectivity index (χ3n) is 3.43. The number of aryl methyl sites for hydroxylation is 2. The summed E-state index contributed by atoms with van der Waals surface area (Å²) >= 11 is 0. The van der Waals surface area contributed by atoms with Gasteiger partial charge < -0.3 is 5.11 Å². The molecule has 4 heteroatoms. The SMILES string of the molecule is Cc1ccc(C)c(-c2cc(CO)c(=O)n(CC(C)C)n2)c1. The van der Waals surface area contributed by atoms with Crippen LogP contribution in [0.25, 0.3) is 11.3 Å². The van der Waals surface area contributed by atoms with Gasteiger partial charge in [0, 0.05) is 17.7 Å². The van der Waals surface area contributed by atoms with E-state index >= 15 is 0 Å². The van der Waals surface area contributed by atoms with Crippen molar-refractivity contribution in [3.63, 3.8) is 0 Å². The van der Waals surface area contributed by atoms with E-state index in [0.717, 1.165) is 22.4 Å². The maximum absolute atomic E-state index is 12.2. The smallest absolute Gasteiger partial charge is 0.272 e. The van der Waals surface area contributed by atoms with Crippen LogP contribution in [-0.2, 0) is 13.2 Å². The van der Waals surface area contributed by atoms with Crippen molar-refractivity contribution in [1.82, 2.24) is 9.78 Å². The predicted molar refractivity (Wildman–Crippen MR) is 84.2 cm³/mol. The Kier molecular flexibility index (Phi) is 4.58. The zero-order valence-corrected chi connectivity index (χ0v) is 13.1. The van der Waals surface area contributed by atoms with Crippen LogP contribution in [0.15, 0.2) is 29.1 Å². The molecule has 1 aromatic heterocycles. The lowest BCUT2D eigenvalue weighted by atomic mass is 10.0. The minimum Gasteiger partial charge on any atom is -0.391 e. The third kappa shape index (κ3) is 3.39. The van der Waals surface area contributed by atoms with Crippen molar-refractivity contribution < 1.29 is 5.11 Å². The van der Waals surface area contributed by atoms with E-state index in [1.807, 2.05) is 33.8 Å². The Morgan fingerprint density at radius 1 is 1.24 bits per heavy atom. The van der Waals surface area contributed by atoms with Crippen molar-refractivity contribution in [2.24, 2.45) is 5.92 Å². The summed E-state index contributed by atoms with van der Waals surface area (Å²) < 4.78 is 1.47. The van der Waals surface area contributed by atoms with E-state index in [9.17, 15) is 9.90 Å². The van der Waals surface area contributed by atoms with Crippen molar-refractivity contribution in [2.45, 2.75) is 40.8 Å². The van der Waals surface area contributed by atoms with Gasteiger partial charge in [0.05, 0.1) is 12.3 Å². The Balaban J connectivity index is 2.63. The minimum absolute atomic E-state index is 0.208. The first-order valence-corrected chi connectivity index (χ1v) is 7.22. The van der Waals surface area contributed by atoms with Gasteiger partial charge in [0.2, 0.25) is 0 Å². The van der Waals surface area contributed by atoms with Crippen LogP contribution < -0.4 is 5.56 Å². The van der Waals surface area contributed by atoms with Gasteiger partial charge in [0.15, 0.2) is 0 Å². The molecule has 1 heterocycles. The maximum Gasteiger partial charge on any atom is 0.272 e. The fourth-order valence-electron chi connectivity index (χ4n) is 2.32. The molecule has 112 valence electrons. The van der Waals surface area contributed by atoms with E-state index in [1.165, 1.54) is 4.68 Å². The number of aliphatic hydroxyl groups is 1. The Morgan fingerprint density at radius 3 is 2.57 bits per heavy atom. The van der Waals surface area contributed by atoms with E-state index in [-0.39, 0.29) is 12.2 Å². The topological polar surface area (TPSA) is 55.1 Å². The average molecular weight is 286 g/mol. The molecule has 0 saturated heterocycles. The highest BCUT2D eigenvalue weighted by Crippen LogP contribution is 2.22. The van der Waals surface area contributed by atoms with Crippen molar-refractivity contribution in [3.8, 4) is 11.3 Å². The summed E-state index contributed by atoms with van der Waals surface area (Å²) in [6.45, 7) is 8.41. The highest BCUT2D eigenvalue weighted by molar-refractivity contribution is 5.64. The molecule has 0 fully saturated rings. The van der Waals surface area contributed by atoms with E-state index in [0.29, 0.717) is 18.0 Å². The molecule has 0 aliphatic heterocycles. The molecule has 0 saturated carbocycles. The van der Waals surface area contributed by atoms with Crippen LogP contribution >= 0.6 is 0 Å². The molecular weight excluding hydrogens is 264 g/mol. The summed E-state index contributed by atoms with van der Waals surface area (Å²) in [7, 11) is 0. The molecule has 2 rings (SSSR count). The molecule has 21 heavy (non-hydrogen) atoms. The molecule has 0 amide bonds. The summed E-state index contributed by atoms with van der Waals surface area (Å²) in [5.74, 6) is 0.315. The molecule has 1 aromatic carbocycles. The van der Waals surface area contributed by atoms with Gasteiger partial charge in [-0.15, -0.1) is 0 Å². The van der Waals surface area contributed by atoms with Crippen molar-refractivity contribution in [1.29, 1.82) is 0 Å². The normalized spacial score (nSPS) is 11.1. The standard InChI is InChI=1S/C17H22N2O2/c1-11(2)9-19-17(21)14(10-20)8-16(18-19)15-7-12(3)5-6-13(15)4/h5-8,11,20H,9-10H2,1-4H3. The largest absolute Gasteiger partial charge is 0.391 e. The summed E-state index contributed by atoms with van der Waals surface area (Å²) in [5.41, 5.74) is 4.17. The van der Waals surface area contributed by atoms with Crippen LogP contribution in [0.3, 0.4) is 0 Å². The van der Waals surface area contributed by atoms with E-state index in [2.05, 4.69) is 17.2 Å². The average Bonchev–Trinajstić information content (AvgIpc) is 2.43. The first kappa shape index (κ1) is 15.4. The van der Waals surface area contributed by atoms with Gasteiger partial charge in [-0.25, -0.2) is 4.68 Å². The molecule has 0 radical (unpaired) electrons. The van der Waals surface area contributed by atoms with Crippen LogP contribution in [-0.4, -0.2) is 14.9 Å². The zero-order chi connectivity index (χ0) is 15.6. The lowest BCUT2D eigenvalue weighted by molar-refractivity contribution is 0.277. The first-order chi connectivity index (χ1) is 9.92. The number of aromatic nitrogens is 2. The zero-order valence-electron chi connectivity index (χ0n) is 13.1. The number of hydrogen-bond acceptors (Lipinski definition) is 3. The minimum atomic E-state index is -0.267. The molecule has 0 bridgehead atoms. The van der Waals surface area contributed by atoms with Gasteiger partial charge >= 0.3 is 0 Å². The van der Waals surface area contributed by atoms with Crippen LogP contribution in [0.5, 0.6) is 0 Å². The fourth-order valence-corrected chi connectivity index (χ4v) is 2.32. The molecule has 0 aliphatic carbocycles. The number of nitrogens with zero attached hydrogens (tertiary/aromatic N) is 2. The van der Waals surface area contributed by atoms with Gasteiger partial charge in [-0.2, -0.15) is 5.10 Å². The predicted octanol–water partition coefficient (Wildman–Crippen LogP) is 2.68. The number of benzene rings is 1. The van der Waals surface area contributed by atoms with Crippen LogP contribution in [0.2, 0.25) is 0 Å². The van der Waals surface area contributed by atoms with Crippen LogP contribution in [0.4, 0.5) is 0 Å². The molecular formula is C17H22N2O2. The Morgan fingerprint density at radius 2 is 1.95 bits per heavy atom. The highest BCUT2D eigenvalue weighted by Gasteiger charge is 2.12. The molecule has 0 spiro atoms. The Labute approximate surface area is 125 Å². The second kappa shape index (κ2) is 6.22. The Hall–Kier alpha value is -1.94. The van der Waals surface area contributed by atoms with E-state index in [4.69, 9.17) is 0 Å². The molecule has 1 N–H and O–H groups in total. The fraction of sp³-hybridized carbons (Fsp3) is 0.412. The maximum atomic E-state index is 12.2. The summed E-state index contributed by atoms with van der Waals surface area (Å²) in [4.78, 5) is 12.2. The lowest BCUT2D eigenvalue weighted by Crippen LogP contribution is -2.28. The van der Waals surface area contributed by atoms with Gasteiger partial charge in [-0.1, -0.05) is 31.5 Å².